The molecule has 5 nitrogen and oxygen atoms in total. The maximum atomic E-state index is 12.9. The number of sulfonamides is 1. The zero-order valence-electron chi connectivity index (χ0n) is 15.8. The van der Waals surface area contributed by atoms with E-state index in [1.165, 1.54) is 3.71 Å². The highest BCUT2D eigenvalue weighted by Gasteiger charge is 2.27. The molecule has 0 aromatic heterocycles. The molecule has 27 heavy (non-hydrogen) atoms. The average molecular weight is 426 g/mol. The molecule has 0 amide bonds. The molecule has 0 saturated carbocycles. The molecule has 2 aromatic carbocycles. The topological polar surface area (TPSA) is 61.8 Å². The molecule has 0 atom stereocenters. The normalized spacial score (nSPS) is 12.4. The molecule has 146 valence electrons. The van der Waals surface area contributed by atoms with Gasteiger partial charge in [-0.05, 0) is 57.5 Å². The van der Waals surface area contributed by atoms with Crippen LogP contribution in [0.5, 0.6) is 0 Å². The van der Waals surface area contributed by atoms with Crippen molar-refractivity contribution in [2.24, 2.45) is 4.99 Å². The molecule has 1 N–H and O–H groups in total. The third-order valence-corrected chi connectivity index (χ3v) is 7.42. The quantitative estimate of drug-likeness (QED) is 0.370. The van der Waals surface area contributed by atoms with Gasteiger partial charge in [-0.1, -0.05) is 35.4 Å². The van der Waals surface area contributed by atoms with Crippen molar-refractivity contribution in [1.82, 2.24) is 8.43 Å². The number of aliphatic imine (C=N–C) groups is 1. The van der Waals surface area contributed by atoms with E-state index in [4.69, 9.17) is 11.6 Å². The van der Waals surface area contributed by atoms with Crippen LogP contribution in [0.15, 0.2) is 52.4 Å². The van der Waals surface area contributed by atoms with E-state index in [9.17, 15) is 8.42 Å². The predicted molar refractivity (Wildman–Crippen MR) is 115 cm³/mol. The smallest absolute Gasteiger partial charge is 0.253 e. The summed E-state index contributed by atoms with van der Waals surface area (Å²) in [6, 6.07) is 12.2. The first-order valence-corrected chi connectivity index (χ1v) is 11.1. The molecule has 0 fully saturated rings. The standard InChI is InChI=1S/C19H24ClN3O2S2/c1-14(2)23(27(24,25)18-9-5-15(3)6-10-18)26-22-12-11-21-19-13-17(20)8-7-16(19)4/h5-11,13-14,22H,12H2,1-4H3. The molecular formula is C19H24ClN3O2S2. The zero-order chi connectivity index (χ0) is 20.0. The summed E-state index contributed by atoms with van der Waals surface area (Å²) in [6.07, 6.45) is 1.70. The second-order valence-corrected chi connectivity index (χ2v) is 9.70. The highest BCUT2D eigenvalue weighted by Crippen LogP contribution is 2.25. The molecule has 2 aromatic rings. The Morgan fingerprint density at radius 3 is 2.48 bits per heavy atom. The summed E-state index contributed by atoms with van der Waals surface area (Å²) in [5, 5.41) is 0.630. The van der Waals surface area contributed by atoms with Gasteiger partial charge in [0.25, 0.3) is 10.0 Å². The monoisotopic (exact) mass is 425 g/mol. The molecule has 2 rings (SSSR count). The van der Waals surface area contributed by atoms with Crippen LogP contribution in [0.3, 0.4) is 0 Å². The van der Waals surface area contributed by atoms with Crippen molar-refractivity contribution in [3.05, 3.63) is 58.6 Å². The summed E-state index contributed by atoms with van der Waals surface area (Å²) in [6.45, 7) is 7.96. The zero-order valence-corrected chi connectivity index (χ0v) is 18.2. The Balaban J connectivity index is 2.01. The average Bonchev–Trinajstić information content (AvgIpc) is 2.60. The lowest BCUT2D eigenvalue weighted by Crippen LogP contribution is -2.34. The third-order valence-electron chi connectivity index (χ3n) is 3.71. The van der Waals surface area contributed by atoms with Gasteiger partial charge in [0.05, 0.1) is 10.6 Å². The fourth-order valence-corrected chi connectivity index (χ4v) is 4.96. The Bertz CT molecular complexity index is 898. The van der Waals surface area contributed by atoms with Gasteiger partial charge in [-0.25, -0.2) is 13.1 Å². The van der Waals surface area contributed by atoms with Gasteiger partial charge >= 0.3 is 0 Å². The Kier molecular flexibility index (Phi) is 7.88. The lowest BCUT2D eigenvalue weighted by atomic mass is 10.2. The number of benzene rings is 2. The van der Waals surface area contributed by atoms with Crippen molar-refractivity contribution < 1.29 is 8.42 Å². The number of nitrogens with zero attached hydrogens (tertiary/aromatic N) is 2. The molecule has 0 aliphatic carbocycles. The van der Waals surface area contributed by atoms with Crippen molar-refractivity contribution in [3.8, 4) is 0 Å². The summed E-state index contributed by atoms with van der Waals surface area (Å²) in [5.41, 5.74) is 2.83. The number of aryl methyl sites for hydroxylation is 2. The fourth-order valence-electron chi connectivity index (χ4n) is 2.25. The number of nitrogens with one attached hydrogen (secondary N) is 1. The first-order valence-electron chi connectivity index (χ1n) is 8.51. The molecule has 0 radical (unpaired) electrons. The minimum atomic E-state index is -3.60. The lowest BCUT2D eigenvalue weighted by Gasteiger charge is -2.24. The number of rotatable bonds is 8. The van der Waals surface area contributed by atoms with Gasteiger partial charge in [-0.3, -0.25) is 4.99 Å². The number of halogens is 1. The summed E-state index contributed by atoms with van der Waals surface area (Å²) < 4.78 is 30.1. The maximum absolute atomic E-state index is 12.9. The van der Waals surface area contributed by atoms with Crippen LogP contribution in [-0.2, 0) is 10.0 Å². The van der Waals surface area contributed by atoms with E-state index in [1.807, 2.05) is 39.8 Å². The van der Waals surface area contributed by atoms with Crippen LogP contribution in [0.25, 0.3) is 0 Å². The van der Waals surface area contributed by atoms with Gasteiger partial charge < -0.3 is 0 Å². The van der Waals surface area contributed by atoms with Crippen LogP contribution in [0.2, 0.25) is 5.02 Å². The minimum absolute atomic E-state index is 0.207. The fraction of sp³-hybridized carbons (Fsp3) is 0.316. The highest BCUT2D eigenvalue weighted by atomic mass is 35.5. The van der Waals surface area contributed by atoms with Gasteiger partial charge in [0.1, 0.15) is 0 Å². The number of hydrogen-bond acceptors (Lipinski definition) is 5. The van der Waals surface area contributed by atoms with Crippen molar-refractivity contribution in [2.45, 2.75) is 38.6 Å². The van der Waals surface area contributed by atoms with E-state index in [0.29, 0.717) is 11.6 Å². The van der Waals surface area contributed by atoms with Gasteiger partial charge in [-0.2, -0.15) is 0 Å². The van der Waals surface area contributed by atoms with Crippen molar-refractivity contribution in [3.63, 3.8) is 0 Å². The van der Waals surface area contributed by atoms with Gasteiger partial charge in [-0.15, -0.1) is 3.71 Å². The summed E-state index contributed by atoms with van der Waals surface area (Å²) >= 11 is 7.04. The molecule has 0 saturated heterocycles. The molecule has 0 aliphatic heterocycles. The maximum Gasteiger partial charge on any atom is 0.253 e. The van der Waals surface area contributed by atoms with E-state index in [1.54, 1.807) is 36.5 Å². The van der Waals surface area contributed by atoms with E-state index >= 15 is 0 Å². The molecule has 0 aliphatic rings. The van der Waals surface area contributed by atoms with Crippen molar-refractivity contribution in [1.29, 1.82) is 0 Å². The van der Waals surface area contributed by atoms with E-state index in [-0.39, 0.29) is 10.9 Å². The SMILES string of the molecule is Cc1ccc(S(=O)(=O)N(SNCC=Nc2cc(Cl)ccc2C)C(C)C)cc1. The van der Waals surface area contributed by atoms with Crippen LogP contribution in [-0.4, -0.2) is 30.9 Å². The summed E-state index contributed by atoms with van der Waals surface area (Å²) in [7, 11) is -3.60. The molecular weight excluding hydrogens is 402 g/mol. The Morgan fingerprint density at radius 2 is 1.85 bits per heavy atom. The van der Waals surface area contributed by atoms with Gasteiger partial charge in [0.2, 0.25) is 0 Å². The van der Waals surface area contributed by atoms with Crippen LogP contribution < -0.4 is 4.72 Å². The molecule has 8 heteroatoms. The first-order chi connectivity index (χ1) is 12.7. The second-order valence-electron chi connectivity index (χ2n) is 6.35. The van der Waals surface area contributed by atoms with E-state index < -0.39 is 10.0 Å². The summed E-state index contributed by atoms with van der Waals surface area (Å²) in [5.74, 6) is 0. The lowest BCUT2D eigenvalue weighted by molar-refractivity contribution is 0.500. The minimum Gasteiger partial charge on any atom is -0.260 e. The molecule has 0 spiro atoms. The van der Waals surface area contributed by atoms with Crippen molar-refractivity contribution in [2.75, 3.05) is 6.54 Å². The van der Waals surface area contributed by atoms with Crippen LogP contribution in [0.4, 0.5) is 5.69 Å². The first kappa shape index (κ1) is 21.9. The Labute approximate surface area is 171 Å². The molecule has 0 unspecified atom stereocenters. The van der Waals surface area contributed by atoms with Crippen LogP contribution >= 0.6 is 23.7 Å². The third kappa shape index (κ3) is 6.05. The largest absolute Gasteiger partial charge is 0.260 e. The van der Waals surface area contributed by atoms with Crippen molar-refractivity contribution >= 4 is 45.7 Å². The van der Waals surface area contributed by atoms with Crippen LogP contribution in [0.1, 0.15) is 25.0 Å². The number of hydrogen-bond donors (Lipinski definition) is 1. The van der Waals surface area contributed by atoms with E-state index in [2.05, 4.69) is 9.71 Å². The molecule has 0 bridgehead atoms. The van der Waals surface area contributed by atoms with Crippen LogP contribution in [0, 0.1) is 13.8 Å². The Morgan fingerprint density at radius 1 is 1.19 bits per heavy atom. The molecule has 0 heterocycles. The predicted octanol–water partition coefficient (Wildman–Crippen LogP) is 4.91. The van der Waals surface area contributed by atoms with Gasteiger partial charge in [0, 0.05) is 36.0 Å². The Hall–Kier alpha value is -1.38. The second kappa shape index (κ2) is 9.71. The van der Waals surface area contributed by atoms with E-state index in [0.717, 1.165) is 28.9 Å². The van der Waals surface area contributed by atoms with Gasteiger partial charge in [0.15, 0.2) is 0 Å². The highest BCUT2D eigenvalue weighted by molar-refractivity contribution is 8.07. The summed E-state index contributed by atoms with van der Waals surface area (Å²) in [4.78, 5) is 4.66.